The number of nitrogens with zero attached hydrogens (tertiary/aromatic N) is 4. The maximum Gasteiger partial charge on any atom is 0.419 e. The fraction of sp³-hybridized carbons (Fsp3) is 0.474. The number of hydrogen-bond acceptors (Lipinski definition) is 4. The number of fused-ring (bicyclic) bond motifs is 1. The molecule has 25 heavy (non-hydrogen) atoms. The van der Waals surface area contributed by atoms with E-state index in [1.807, 2.05) is 47.4 Å². The molecule has 1 fully saturated rings. The molecule has 0 amide bonds. The molecule has 0 bridgehead atoms. The van der Waals surface area contributed by atoms with Gasteiger partial charge in [-0.1, -0.05) is 18.6 Å². The summed E-state index contributed by atoms with van der Waals surface area (Å²) in [6.45, 7) is 3.77. The molecule has 0 unspecified atom stereocenters. The van der Waals surface area contributed by atoms with E-state index in [2.05, 4.69) is 10.00 Å². The summed E-state index contributed by atoms with van der Waals surface area (Å²) in [5, 5.41) is 4.34. The first kappa shape index (κ1) is 16.1. The van der Waals surface area contributed by atoms with Crippen molar-refractivity contribution in [1.29, 1.82) is 0 Å². The van der Waals surface area contributed by atoms with Gasteiger partial charge in [0, 0.05) is 31.5 Å². The Morgan fingerprint density at radius 3 is 2.96 bits per heavy atom. The fourth-order valence-corrected chi connectivity index (χ4v) is 3.84. The number of benzene rings is 1. The van der Waals surface area contributed by atoms with E-state index in [4.69, 9.17) is 4.42 Å². The standard InChI is InChI=1S/C19H24N4O2/c24-19-23(17-8-1-2-9-18(17)25-19)14-6-12-21-11-4-3-7-16(21)15-22-13-5-10-20-22/h1-2,5,8-10,13,16H,3-4,6-7,11-12,14-15H2/t16-/m0/s1. The summed E-state index contributed by atoms with van der Waals surface area (Å²) in [5.41, 5.74) is 1.56. The summed E-state index contributed by atoms with van der Waals surface area (Å²) in [6.07, 6.45) is 8.57. The first-order chi connectivity index (χ1) is 12.3. The lowest BCUT2D eigenvalue weighted by Gasteiger charge is -2.35. The van der Waals surface area contributed by atoms with Gasteiger partial charge in [0.05, 0.1) is 12.1 Å². The molecule has 3 heterocycles. The van der Waals surface area contributed by atoms with Gasteiger partial charge < -0.3 is 4.42 Å². The summed E-state index contributed by atoms with van der Waals surface area (Å²) in [5.74, 6) is -0.257. The zero-order chi connectivity index (χ0) is 17.1. The van der Waals surface area contributed by atoms with Gasteiger partial charge in [-0.3, -0.25) is 14.1 Å². The molecule has 1 aromatic carbocycles. The quantitative estimate of drug-likeness (QED) is 0.692. The average molecular weight is 340 g/mol. The van der Waals surface area contributed by atoms with Crippen molar-refractivity contribution < 1.29 is 4.42 Å². The Morgan fingerprint density at radius 1 is 1.16 bits per heavy atom. The maximum atomic E-state index is 12.1. The van der Waals surface area contributed by atoms with Crippen LogP contribution < -0.4 is 5.76 Å². The molecule has 0 spiro atoms. The number of likely N-dealkylation sites (tertiary alicyclic amines) is 1. The van der Waals surface area contributed by atoms with E-state index < -0.39 is 0 Å². The second-order valence-corrected chi connectivity index (χ2v) is 6.75. The lowest BCUT2D eigenvalue weighted by Crippen LogP contribution is -2.43. The topological polar surface area (TPSA) is 56.2 Å². The Bertz CT molecular complexity index is 865. The van der Waals surface area contributed by atoms with E-state index in [1.165, 1.54) is 19.3 Å². The first-order valence-electron chi connectivity index (χ1n) is 9.11. The number of rotatable bonds is 6. The van der Waals surface area contributed by atoms with Gasteiger partial charge in [-0.25, -0.2) is 4.79 Å². The highest BCUT2D eigenvalue weighted by atomic mass is 16.4. The van der Waals surface area contributed by atoms with E-state index in [1.54, 1.807) is 4.57 Å². The molecular weight excluding hydrogens is 316 g/mol. The Kier molecular flexibility index (Phi) is 4.70. The third-order valence-corrected chi connectivity index (χ3v) is 5.11. The van der Waals surface area contributed by atoms with Crippen LogP contribution in [0.15, 0.2) is 51.9 Å². The van der Waals surface area contributed by atoms with Crippen LogP contribution in [0.3, 0.4) is 0 Å². The van der Waals surface area contributed by atoms with Crippen LogP contribution in [-0.4, -0.2) is 38.4 Å². The number of para-hydroxylation sites is 2. The summed E-state index contributed by atoms with van der Waals surface area (Å²) in [4.78, 5) is 14.6. The molecule has 0 radical (unpaired) electrons. The van der Waals surface area contributed by atoms with Crippen LogP contribution in [0.4, 0.5) is 0 Å². The van der Waals surface area contributed by atoms with E-state index in [0.717, 1.165) is 31.6 Å². The van der Waals surface area contributed by atoms with Gasteiger partial charge >= 0.3 is 5.76 Å². The lowest BCUT2D eigenvalue weighted by atomic mass is 10.0. The minimum absolute atomic E-state index is 0.257. The average Bonchev–Trinajstić information content (AvgIpc) is 3.24. The SMILES string of the molecule is O=c1oc2ccccc2n1CCCN1CCCC[C@H]1Cn1cccn1. The van der Waals surface area contributed by atoms with Crippen LogP contribution >= 0.6 is 0 Å². The van der Waals surface area contributed by atoms with Crippen molar-refractivity contribution >= 4 is 11.1 Å². The van der Waals surface area contributed by atoms with Gasteiger partial charge in [0.15, 0.2) is 5.58 Å². The number of piperidine rings is 1. The third-order valence-electron chi connectivity index (χ3n) is 5.11. The van der Waals surface area contributed by atoms with Gasteiger partial charge in [-0.05, 0) is 44.0 Å². The van der Waals surface area contributed by atoms with Crippen LogP contribution in [0.2, 0.25) is 0 Å². The van der Waals surface area contributed by atoms with Crippen molar-refractivity contribution in [2.24, 2.45) is 0 Å². The summed E-state index contributed by atoms with van der Waals surface area (Å²) in [6, 6.07) is 10.1. The Morgan fingerprint density at radius 2 is 2.08 bits per heavy atom. The molecule has 1 aliphatic rings. The maximum absolute atomic E-state index is 12.1. The number of oxazole rings is 1. The van der Waals surface area contributed by atoms with E-state index in [9.17, 15) is 4.79 Å². The van der Waals surface area contributed by atoms with Crippen molar-refractivity contribution in [1.82, 2.24) is 19.2 Å². The predicted octanol–water partition coefficient (Wildman–Crippen LogP) is 2.74. The molecule has 1 atom stereocenters. The minimum atomic E-state index is -0.257. The molecular formula is C19H24N4O2. The minimum Gasteiger partial charge on any atom is -0.408 e. The van der Waals surface area contributed by atoms with Crippen molar-refractivity contribution in [3.8, 4) is 0 Å². The molecule has 0 aliphatic carbocycles. The third kappa shape index (κ3) is 3.54. The highest BCUT2D eigenvalue weighted by molar-refractivity contribution is 5.72. The summed E-state index contributed by atoms with van der Waals surface area (Å²) in [7, 11) is 0. The molecule has 6 nitrogen and oxygen atoms in total. The molecule has 132 valence electrons. The van der Waals surface area contributed by atoms with Crippen molar-refractivity contribution in [3.63, 3.8) is 0 Å². The van der Waals surface area contributed by atoms with Gasteiger partial charge in [-0.2, -0.15) is 5.10 Å². The molecule has 6 heteroatoms. The molecule has 3 aromatic rings. The van der Waals surface area contributed by atoms with Crippen molar-refractivity contribution in [2.45, 2.75) is 44.8 Å². The Labute approximate surface area is 146 Å². The van der Waals surface area contributed by atoms with Crippen LogP contribution in [0.1, 0.15) is 25.7 Å². The predicted molar refractivity (Wildman–Crippen MR) is 96.5 cm³/mol. The fourth-order valence-electron chi connectivity index (χ4n) is 3.84. The normalized spacial score (nSPS) is 18.8. The summed E-state index contributed by atoms with van der Waals surface area (Å²) >= 11 is 0. The van der Waals surface area contributed by atoms with Crippen LogP contribution in [0.25, 0.3) is 11.1 Å². The van der Waals surface area contributed by atoms with Gasteiger partial charge in [0.25, 0.3) is 0 Å². The van der Waals surface area contributed by atoms with Gasteiger partial charge in [0.2, 0.25) is 0 Å². The molecule has 1 aliphatic heterocycles. The second kappa shape index (κ2) is 7.27. The van der Waals surface area contributed by atoms with Gasteiger partial charge in [0.1, 0.15) is 0 Å². The molecule has 0 saturated carbocycles. The largest absolute Gasteiger partial charge is 0.419 e. The van der Waals surface area contributed by atoms with E-state index in [-0.39, 0.29) is 5.76 Å². The molecule has 2 aromatic heterocycles. The number of aryl methyl sites for hydroxylation is 1. The highest BCUT2D eigenvalue weighted by Gasteiger charge is 2.22. The molecule has 1 saturated heterocycles. The van der Waals surface area contributed by atoms with Crippen molar-refractivity contribution in [2.75, 3.05) is 13.1 Å². The number of aromatic nitrogens is 3. The van der Waals surface area contributed by atoms with Crippen LogP contribution in [0, 0.1) is 0 Å². The van der Waals surface area contributed by atoms with Crippen molar-refractivity contribution in [3.05, 3.63) is 53.3 Å². The Balaban J connectivity index is 1.39. The smallest absolute Gasteiger partial charge is 0.408 e. The zero-order valence-corrected chi connectivity index (χ0v) is 14.4. The van der Waals surface area contributed by atoms with Gasteiger partial charge in [-0.15, -0.1) is 0 Å². The van der Waals surface area contributed by atoms with E-state index in [0.29, 0.717) is 18.2 Å². The monoisotopic (exact) mass is 340 g/mol. The van der Waals surface area contributed by atoms with Crippen LogP contribution in [0.5, 0.6) is 0 Å². The summed E-state index contributed by atoms with van der Waals surface area (Å²) < 4.78 is 9.09. The molecule has 4 rings (SSSR count). The Hall–Kier alpha value is -2.34. The first-order valence-corrected chi connectivity index (χ1v) is 9.11. The van der Waals surface area contributed by atoms with E-state index >= 15 is 0 Å². The van der Waals surface area contributed by atoms with Crippen LogP contribution in [-0.2, 0) is 13.1 Å². The number of hydrogen-bond donors (Lipinski definition) is 0. The zero-order valence-electron chi connectivity index (χ0n) is 14.4. The lowest BCUT2D eigenvalue weighted by molar-refractivity contribution is 0.126. The molecule has 0 N–H and O–H groups in total. The second-order valence-electron chi connectivity index (χ2n) is 6.75. The highest BCUT2D eigenvalue weighted by Crippen LogP contribution is 2.19.